The third-order valence-corrected chi connectivity index (χ3v) is 3.10. The van der Waals surface area contributed by atoms with E-state index in [1.807, 2.05) is 50.2 Å². The fourth-order valence-electron chi connectivity index (χ4n) is 2.02. The number of rotatable bonds is 9. The molecule has 1 N–H and O–H groups in total. The molecule has 25 heavy (non-hydrogen) atoms. The number of hydrogen-bond acceptors (Lipinski definition) is 5. The molecule has 2 rings (SSSR count). The summed E-state index contributed by atoms with van der Waals surface area (Å²) >= 11 is 0. The van der Waals surface area contributed by atoms with Gasteiger partial charge in [0.15, 0.2) is 18.1 Å². The Balaban J connectivity index is 1.80. The zero-order valence-electron chi connectivity index (χ0n) is 14.4. The molecule has 0 fully saturated rings. The fourth-order valence-corrected chi connectivity index (χ4v) is 2.02. The van der Waals surface area contributed by atoms with Crippen molar-refractivity contribution in [2.24, 2.45) is 5.10 Å². The molecule has 1 amide bonds. The molecular weight excluding hydrogens is 320 g/mol. The number of nitrogens with one attached hydrogen (secondary N) is 1. The molecule has 0 aromatic heterocycles. The Bertz CT molecular complexity index is 699. The van der Waals surface area contributed by atoms with E-state index in [-0.39, 0.29) is 12.5 Å². The topological polar surface area (TPSA) is 69.2 Å². The molecule has 0 atom stereocenters. The van der Waals surface area contributed by atoms with E-state index in [0.29, 0.717) is 24.7 Å². The smallest absolute Gasteiger partial charge is 0.277 e. The maximum atomic E-state index is 11.8. The number of ether oxygens (including phenoxy) is 3. The Morgan fingerprint density at radius 2 is 1.60 bits per heavy atom. The maximum absolute atomic E-state index is 11.8. The van der Waals surface area contributed by atoms with Crippen molar-refractivity contribution in [1.29, 1.82) is 0 Å². The lowest BCUT2D eigenvalue weighted by Gasteiger charge is -2.10. The number of hydrogen-bond donors (Lipinski definition) is 1. The molecular formula is C19H22N2O4. The fraction of sp³-hybridized carbons (Fsp3) is 0.263. The molecule has 0 radical (unpaired) electrons. The van der Waals surface area contributed by atoms with Crippen LogP contribution in [0.4, 0.5) is 0 Å². The average Bonchev–Trinajstić information content (AvgIpc) is 2.63. The monoisotopic (exact) mass is 342 g/mol. The second kappa shape index (κ2) is 9.97. The van der Waals surface area contributed by atoms with Crippen LogP contribution in [0, 0.1) is 0 Å². The SMILES string of the molecule is CCOc1ccc(/C=N/NC(=O)COc2ccccc2OCC)cc1. The van der Waals surface area contributed by atoms with E-state index in [4.69, 9.17) is 14.2 Å². The van der Waals surface area contributed by atoms with Crippen LogP contribution in [0.1, 0.15) is 19.4 Å². The lowest BCUT2D eigenvalue weighted by atomic mass is 10.2. The van der Waals surface area contributed by atoms with Crippen LogP contribution < -0.4 is 19.6 Å². The van der Waals surface area contributed by atoms with E-state index in [1.54, 1.807) is 18.3 Å². The number of amides is 1. The number of benzene rings is 2. The van der Waals surface area contributed by atoms with Crippen molar-refractivity contribution >= 4 is 12.1 Å². The molecule has 132 valence electrons. The van der Waals surface area contributed by atoms with Crippen LogP contribution in [0.2, 0.25) is 0 Å². The maximum Gasteiger partial charge on any atom is 0.277 e. The van der Waals surface area contributed by atoms with Gasteiger partial charge in [-0.05, 0) is 55.8 Å². The Hall–Kier alpha value is -3.02. The van der Waals surface area contributed by atoms with Crippen molar-refractivity contribution in [3.8, 4) is 17.2 Å². The zero-order chi connectivity index (χ0) is 17.9. The van der Waals surface area contributed by atoms with E-state index in [2.05, 4.69) is 10.5 Å². The molecule has 6 nitrogen and oxygen atoms in total. The number of hydrazone groups is 1. The molecule has 6 heteroatoms. The third-order valence-electron chi connectivity index (χ3n) is 3.10. The number of para-hydroxylation sites is 2. The van der Waals surface area contributed by atoms with E-state index in [0.717, 1.165) is 11.3 Å². The summed E-state index contributed by atoms with van der Waals surface area (Å²) < 4.78 is 16.3. The second-order valence-electron chi connectivity index (χ2n) is 4.96. The first kappa shape index (κ1) is 18.3. The molecule has 0 heterocycles. The standard InChI is InChI=1S/C19H22N2O4/c1-3-23-16-11-9-15(10-12-16)13-20-21-19(22)14-25-18-8-6-5-7-17(18)24-4-2/h5-13H,3-4,14H2,1-2H3,(H,21,22)/b20-13+. The van der Waals surface area contributed by atoms with Gasteiger partial charge < -0.3 is 14.2 Å². The minimum Gasteiger partial charge on any atom is -0.494 e. The minimum atomic E-state index is -0.353. The normalized spacial score (nSPS) is 10.5. The van der Waals surface area contributed by atoms with Crippen molar-refractivity contribution in [1.82, 2.24) is 5.43 Å². The predicted molar refractivity (Wildman–Crippen MR) is 96.5 cm³/mol. The Kier molecular flexibility index (Phi) is 7.31. The summed E-state index contributed by atoms with van der Waals surface area (Å²) in [6.45, 7) is 4.82. The molecule has 0 unspecified atom stereocenters. The zero-order valence-corrected chi connectivity index (χ0v) is 14.4. The van der Waals surface area contributed by atoms with Gasteiger partial charge in [-0.1, -0.05) is 12.1 Å². The van der Waals surface area contributed by atoms with Crippen LogP contribution in [-0.4, -0.2) is 31.9 Å². The van der Waals surface area contributed by atoms with Gasteiger partial charge in [0.05, 0.1) is 19.4 Å². The minimum absolute atomic E-state index is 0.148. The third kappa shape index (κ3) is 6.18. The van der Waals surface area contributed by atoms with E-state index in [1.165, 1.54) is 0 Å². The van der Waals surface area contributed by atoms with Gasteiger partial charge in [0.2, 0.25) is 0 Å². The molecule has 0 aliphatic carbocycles. The van der Waals surface area contributed by atoms with Crippen LogP contribution in [0.15, 0.2) is 53.6 Å². The molecule has 0 saturated heterocycles. The van der Waals surface area contributed by atoms with Gasteiger partial charge in [-0.2, -0.15) is 5.10 Å². The van der Waals surface area contributed by atoms with Crippen molar-refractivity contribution in [2.45, 2.75) is 13.8 Å². The lowest BCUT2D eigenvalue weighted by Crippen LogP contribution is -2.24. The number of nitrogens with zero attached hydrogens (tertiary/aromatic N) is 1. The lowest BCUT2D eigenvalue weighted by molar-refractivity contribution is -0.123. The van der Waals surface area contributed by atoms with E-state index < -0.39 is 0 Å². The summed E-state index contributed by atoms with van der Waals surface area (Å²) in [5.74, 6) is 1.57. The molecule has 2 aromatic carbocycles. The van der Waals surface area contributed by atoms with Crippen molar-refractivity contribution in [3.63, 3.8) is 0 Å². The molecule has 0 aliphatic rings. The summed E-state index contributed by atoms with van der Waals surface area (Å²) in [5, 5.41) is 3.91. The first-order valence-electron chi connectivity index (χ1n) is 8.12. The summed E-state index contributed by atoms with van der Waals surface area (Å²) in [5.41, 5.74) is 3.28. The Morgan fingerprint density at radius 3 is 2.24 bits per heavy atom. The highest BCUT2D eigenvalue weighted by molar-refractivity contribution is 5.83. The second-order valence-corrected chi connectivity index (χ2v) is 4.96. The van der Waals surface area contributed by atoms with Crippen molar-refractivity contribution in [3.05, 3.63) is 54.1 Å². The van der Waals surface area contributed by atoms with Gasteiger partial charge in [-0.25, -0.2) is 5.43 Å². The van der Waals surface area contributed by atoms with Gasteiger partial charge in [-0.3, -0.25) is 4.79 Å². The van der Waals surface area contributed by atoms with Crippen LogP contribution in [0.25, 0.3) is 0 Å². The average molecular weight is 342 g/mol. The molecule has 0 spiro atoms. The molecule has 0 bridgehead atoms. The van der Waals surface area contributed by atoms with Gasteiger partial charge in [-0.15, -0.1) is 0 Å². The predicted octanol–water partition coefficient (Wildman–Crippen LogP) is 3.01. The van der Waals surface area contributed by atoms with Crippen LogP contribution in [0.3, 0.4) is 0 Å². The van der Waals surface area contributed by atoms with Crippen LogP contribution in [-0.2, 0) is 4.79 Å². The number of carbonyl (C=O) groups excluding carboxylic acids is 1. The highest BCUT2D eigenvalue weighted by atomic mass is 16.5. The summed E-state index contributed by atoms with van der Waals surface area (Å²) in [6.07, 6.45) is 1.56. The Labute approximate surface area is 147 Å². The summed E-state index contributed by atoms with van der Waals surface area (Å²) in [4.78, 5) is 11.8. The summed E-state index contributed by atoms with van der Waals surface area (Å²) in [7, 11) is 0. The quantitative estimate of drug-likeness (QED) is 0.562. The van der Waals surface area contributed by atoms with E-state index in [9.17, 15) is 4.79 Å². The molecule has 2 aromatic rings. The van der Waals surface area contributed by atoms with Crippen LogP contribution >= 0.6 is 0 Å². The Morgan fingerprint density at radius 1 is 0.960 bits per heavy atom. The van der Waals surface area contributed by atoms with Gasteiger partial charge in [0.25, 0.3) is 5.91 Å². The van der Waals surface area contributed by atoms with Gasteiger partial charge >= 0.3 is 0 Å². The highest BCUT2D eigenvalue weighted by Crippen LogP contribution is 2.26. The van der Waals surface area contributed by atoms with Crippen LogP contribution in [0.5, 0.6) is 17.2 Å². The van der Waals surface area contributed by atoms with Gasteiger partial charge in [0, 0.05) is 0 Å². The van der Waals surface area contributed by atoms with Gasteiger partial charge in [0.1, 0.15) is 5.75 Å². The molecule has 0 aliphatic heterocycles. The number of carbonyl (C=O) groups is 1. The van der Waals surface area contributed by atoms with Crippen molar-refractivity contribution in [2.75, 3.05) is 19.8 Å². The summed E-state index contributed by atoms with van der Waals surface area (Å²) in [6, 6.07) is 14.6. The molecule has 0 saturated carbocycles. The highest BCUT2D eigenvalue weighted by Gasteiger charge is 2.06. The van der Waals surface area contributed by atoms with Crippen molar-refractivity contribution < 1.29 is 19.0 Å². The first-order chi connectivity index (χ1) is 12.2. The first-order valence-corrected chi connectivity index (χ1v) is 8.12. The largest absolute Gasteiger partial charge is 0.494 e. The van der Waals surface area contributed by atoms with E-state index >= 15 is 0 Å².